The Morgan fingerprint density at radius 3 is 2.34 bits per heavy atom. The molecular weight excluding hydrogens is 558 g/mol. The fourth-order valence-corrected chi connectivity index (χ4v) is 7.61. The van der Waals surface area contributed by atoms with Crippen LogP contribution in [0.25, 0.3) is 10.1 Å². The van der Waals surface area contributed by atoms with Crippen molar-refractivity contribution in [2.24, 2.45) is 11.5 Å². The second-order valence-corrected chi connectivity index (χ2v) is 12.9. The molecule has 6 N–H and O–H groups in total. The Morgan fingerprint density at radius 1 is 1.13 bits per heavy atom. The van der Waals surface area contributed by atoms with Crippen LogP contribution < -0.4 is 30.2 Å². The van der Waals surface area contributed by atoms with E-state index in [4.69, 9.17) is 30.7 Å². The van der Waals surface area contributed by atoms with Crippen LogP contribution in [0.1, 0.15) is 24.0 Å². The minimum Gasteiger partial charge on any atom is -0.490 e. The van der Waals surface area contributed by atoms with Crippen LogP contribution in [-0.4, -0.2) is 45.9 Å². The summed E-state index contributed by atoms with van der Waals surface area (Å²) in [6, 6.07) is 7.97. The monoisotopic (exact) mass is 586 g/mol. The van der Waals surface area contributed by atoms with Gasteiger partial charge < -0.3 is 30.4 Å². The van der Waals surface area contributed by atoms with Gasteiger partial charge in [0.25, 0.3) is 10.0 Å². The summed E-state index contributed by atoms with van der Waals surface area (Å²) in [5.41, 5.74) is 11.2. The van der Waals surface area contributed by atoms with Crippen LogP contribution in [0.2, 0.25) is 0 Å². The number of hydrogen-bond donors (Lipinski definition) is 4. The van der Waals surface area contributed by atoms with Crippen LogP contribution in [0.4, 0.5) is 4.39 Å². The van der Waals surface area contributed by atoms with E-state index in [0.717, 1.165) is 29.5 Å². The fourth-order valence-electron chi connectivity index (χ4n) is 3.29. The highest BCUT2D eigenvalue weighted by atomic mass is 32.2. The number of sulfonamides is 1. The minimum atomic E-state index is -4.57. The highest BCUT2D eigenvalue weighted by Gasteiger charge is 2.29. The second-order valence-electron chi connectivity index (χ2n) is 8.08. The molecule has 1 unspecified atom stereocenters. The van der Waals surface area contributed by atoms with E-state index in [1.165, 1.54) is 0 Å². The lowest BCUT2D eigenvalue weighted by atomic mass is 10.2. The van der Waals surface area contributed by atoms with E-state index >= 15 is 0 Å². The Hall–Kier alpha value is -2.76. The van der Waals surface area contributed by atoms with Gasteiger partial charge in [-0.3, -0.25) is 0 Å². The fraction of sp³-hybridized carbons (Fsp3) is 0.348. The average molecular weight is 587 g/mol. The first-order valence-corrected chi connectivity index (χ1v) is 15.5. The Kier molecular flexibility index (Phi) is 10.1. The Morgan fingerprint density at radius 2 is 1.76 bits per heavy atom. The third-order valence-corrected chi connectivity index (χ3v) is 9.72. The third kappa shape index (κ3) is 7.42. The normalized spacial score (nSPS) is 13.2. The summed E-state index contributed by atoms with van der Waals surface area (Å²) in [5, 5.41) is 9.40. The molecule has 0 saturated carbocycles. The number of benzene rings is 2. The lowest BCUT2D eigenvalue weighted by Gasteiger charge is -2.14. The van der Waals surface area contributed by atoms with Crippen molar-refractivity contribution >= 4 is 39.0 Å². The van der Waals surface area contributed by atoms with Crippen molar-refractivity contribution in [1.82, 2.24) is 4.72 Å². The predicted molar refractivity (Wildman–Crippen MR) is 142 cm³/mol. The maximum absolute atomic E-state index is 13.8. The number of hydrogen-bond acceptors (Lipinski definition) is 10. The van der Waals surface area contributed by atoms with Crippen LogP contribution in [0.15, 0.2) is 34.5 Å². The van der Waals surface area contributed by atoms with E-state index in [2.05, 4.69) is 4.72 Å². The van der Waals surface area contributed by atoms with Gasteiger partial charge in [0.1, 0.15) is 28.1 Å². The lowest BCUT2D eigenvalue weighted by Crippen LogP contribution is -2.25. The third-order valence-electron chi connectivity index (χ3n) is 5.18. The van der Waals surface area contributed by atoms with Crippen LogP contribution in [0, 0.1) is 24.1 Å². The molecule has 0 spiro atoms. The van der Waals surface area contributed by atoms with Crippen molar-refractivity contribution in [3.63, 3.8) is 0 Å². The van der Waals surface area contributed by atoms with Gasteiger partial charge in [0.2, 0.25) is 0 Å². The summed E-state index contributed by atoms with van der Waals surface area (Å²) < 4.78 is 71.6. The number of nitrogens with two attached hydrogens (primary N) is 2. The molecule has 1 atom stereocenters. The van der Waals surface area contributed by atoms with Crippen molar-refractivity contribution in [1.29, 1.82) is 5.26 Å². The Labute approximate surface area is 223 Å². The van der Waals surface area contributed by atoms with Crippen LogP contribution in [-0.2, 0) is 14.6 Å². The molecule has 38 heavy (non-hydrogen) atoms. The van der Waals surface area contributed by atoms with E-state index in [1.54, 1.807) is 25.1 Å². The van der Waals surface area contributed by atoms with Crippen LogP contribution in [0.5, 0.6) is 17.2 Å². The lowest BCUT2D eigenvalue weighted by molar-refractivity contribution is 0.266. The highest BCUT2D eigenvalue weighted by molar-refractivity contribution is 7.92. The molecule has 206 valence electrons. The molecule has 1 aromatic heterocycles. The summed E-state index contributed by atoms with van der Waals surface area (Å²) in [6.07, 6.45) is 0.266. The summed E-state index contributed by atoms with van der Waals surface area (Å²) in [4.78, 5) is 10.2. The molecule has 15 heteroatoms. The highest BCUT2D eigenvalue weighted by Crippen LogP contribution is 2.44. The van der Waals surface area contributed by atoms with Gasteiger partial charge in [0.05, 0.1) is 18.8 Å². The van der Waals surface area contributed by atoms with E-state index in [-0.39, 0.29) is 15.5 Å². The molecule has 0 amide bonds. The van der Waals surface area contributed by atoms with Gasteiger partial charge in [0.15, 0.2) is 11.5 Å². The zero-order chi connectivity index (χ0) is 27.9. The zero-order valence-corrected chi connectivity index (χ0v) is 23.0. The first-order chi connectivity index (χ1) is 18.0. The maximum Gasteiger partial charge on any atom is 0.391 e. The topological polar surface area (TPSA) is 187 Å². The van der Waals surface area contributed by atoms with Gasteiger partial charge >= 0.3 is 7.60 Å². The molecular formula is C23H28FN4O7PS2. The number of thiophene rings is 1. The van der Waals surface area contributed by atoms with E-state index in [0.29, 0.717) is 66.3 Å². The quantitative estimate of drug-likeness (QED) is 0.161. The number of rotatable bonds is 14. The molecule has 3 aromatic rings. The summed E-state index contributed by atoms with van der Waals surface area (Å²) in [7, 11) is -8.81. The van der Waals surface area contributed by atoms with E-state index in [9.17, 15) is 22.3 Å². The van der Waals surface area contributed by atoms with Gasteiger partial charge in [-0.2, -0.15) is 9.98 Å². The van der Waals surface area contributed by atoms with Gasteiger partial charge in [-0.05, 0) is 56.6 Å². The number of aryl methyl sites for hydroxylation is 1. The van der Waals surface area contributed by atoms with Crippen molar-refractivity contribution in [2.75, 3.05) is 32.6 Å². The molecule has 0 aliphatic heterocycles. The van der Waals surface area contributed by atoms with Gasteiger partial charge in [-0.15, -0.1) is 11.3 Å². The number of halogens is 1. The smallest absolute Gasteiger partial charge is 0.391 e. The largest absolute Gasteiger partial charge is 0.490 e. The first kappa shape index (κ1) is 29.8. The summed E-state index contributed by atoms with van der Waals surface area (Å²) >= 11 is 0.959. The standard InChI is InChI=1S/C23H28FN4O7PS2/c1-15-18-11-20(33-8-2-6-25)21(34-9-3-7-26)12-22(18)37-23(15)38(31,32)28-14-36(29,30)35-17-5-4-16(13-27)19(24)10-17/h4-5,10-12,28H,2-3,6-9,14,25-26H2,1H3,(H,29,30). The zero-order valence-electron chi connectivity index (χ0n) is 20.5. The van der Waals surface area contributed by atoms with Crippen molar-refractivity contribution in [3.8, 4) is 23.3 Å². The van der Waals surface area contributed by atoms with Gasteiger partial charge in [0, 0.05) is 22.2 Å². The van der Waals surface area contributed by atoms with E-state index in [1.807, 2.05) is 0 Å². The molecule has 2 aromatic carbocycles. The van der Waals surface area contributed by atoms with Crippen molar-refractivity contribution < 1.29 is 36.3 Å². The molecule has 0 bridgehead atoms. The molecule has 0 aliphatic rings. The second kappa shape index (κ2) is 12.9. The summed E-state index contributed by atoms with van der Waals surface area (Å²) in [6.45, 7) is 3.19. The molecule has 11 nitrogen and oxygen atoms in total. The SMILES string of the molecule is Cc1c(S(=O)(=O)NCP(=O)(O)Oc2ccc(C#N)c(F)c2)sc2cc(OCCCN)c(OCCCN)cc12. The number of nitrogens with one attached hydrogen (secondary N) is 1. The molecule has 1 heterocycles. The average Bonchev–Trinajstić information content (AvgIpc) is 3.19. The van der Waals surface area contributed by atoms with Crippen LogP contribution >= 0.6 is 18.9 Å². The molecule has 3 rings (SSSR count). The van der Waals surface area contributed by atoms with Crippen molar-refractivity contribution in [2.45, 2.75) is 24.0 Å². The van der Waals surface area contributed by atoms with Crippen molar-refractivity contribution in [3.05, 3.63) is 47.3 Å². The first-order valence-electron chi connectivity index (χ1n) is 11.4. The number of fused-ring (bicyclic) bond motifs is 1. The Balaban J connectivity index is 1.83. The number of nitriles is 1. The van der Waals surface area contributed by atoms with E-state index < -0.39 is 29.7 Å². The molecule has 0 aliphatic carbocycles. The molecule has 0 saturated heterocycles. The summed E-state index contributed by atoms with van der Waals surface area (Å²) in [5.74, 6) is -0.397. The predicted octanol–water partition coefficient (Wildman–Crippen LogP) is 3.18. The molecule has 0 radical (unpaired) electrons. The minimum absolute atomic E-state index is 0.0658. The van der Waals surface area contributed by atoms with Gasteiger partial charge in [-0.25, -0.2) is 17.4 Å². The maximum atomic E-state index is 13.8. The van der Waals surface area contributed by atoms with Crippen LogP contribution in [0.3, 0.4) is 0 Å². The number of nitrogens with zero attached hydrogens (tertiary/aromatic N) is 1. The number of ether oxygens (including phenoxy) is 2. The Bertz CT molecular complexity index is 1490. The molecule has 0 fully saturated rings. The van der Waals surface area contributed by atoms with Gasteiger partial charge in [-0.1, -0.05) is 0 Å².